The molecular weight excluding hydrogens is 1130 g/mol. The van der Waals surface area contributed by atoms with Gasteiger partial charge in [-0.2, -0.15) is 13.2 Å². The van der Waals surface area contributed by atoms with Crippen LogP contribution in [-0.2, 0) is 24.7 Å². The maximum atomic E-state index is 12.8. The highest BCUT2D eigenvalue weighted by molar-refractivity contribution is 5.43. The minimum atomic E-state index is -4.17. The predicted octanol–water partition coefficient (Wildman–Crippen LogP) is 27.6. The molecule has 0 bridgehead atoms. The van der Waals surface area contributed by atoms with E-state index in [9.17, 15) is 13.2 Å². The molecule has 0 nitrogen and oxygen atoms in total. The van der Waals surface area contributed by atoms with Gasteiger partial charge in [-0.3, -0.25) is 0 Å². The summed E-state index contributed by atoms with van der Waals surface area (Å²) in [6.45, 7) is 77.3. The zero-order valence-electron chi connectivity index (χ0n) is 65.7. The minimum absolute atomic E-state index is 0.0262. The first-order valence-electron chi connectivity index (χ1n) is 34.4. The third-order valence-electron chi connectivity index (χ3n) is 18.9. The van der Waals surface area contributed by atoms with Crippen LogP contribution in [0.4, 0.5) is 13.2 Å². The topological polar surface area (TPSA) is 0 Å². The van der Waals surface area contributed by atoms with Gasteiger partial charge in [0.25, 0.3) is 0 Å². The molecule has 0 amide bonds. The molecule has 0 spiro atoms. The second-order valence-corrected chi connectivity index (χ2v) is 31.8. The van der Waals surface area contributed by atoms with Gasteiger partial charge in [0.2, 0.25) is 0 Å². The summed E-state index contributed by atoms with van der Waals surface area (Å²) in [5.41, 5.74) is 35.9. The van der Waals surface area contributed by atoms with Gasteiger partial charge in [-0.1, -0.05) is 207 Å². The van der Waals surface area contributed by atoms with E-state index in [0.717, 1.165) is 34.6 Å². The Morgan fingerprint density at radius 2 is 0.587 bits per heavy atom. The van der Waals surface area contributed by atoms with E-state index in [0.29, 0.717) is 23.2 Å². The predicted molar refractivity (Wildman–Crippen MR) is 406 cm³/mol. The molecule has 0 aliphatic rings. The maximum absolute atomic E-state index is 12.8. The smallest absolute Gasteiger partial charge is 0.171 e. The molecule has 0 unspecified atom stereocenters. The lowest BCUT2D eigenvalue weighted by atomic mass is 9.83. The van der Waals surface area contributed by atoms with Crippen LogP contribution in [0.5, 0.6) is 0 Å². The number of benzene rings is 7. The molecule has 0 heterocycles. The van der Waals surface area contributed by atoms with E-state index in [4.69, 9.17) is 0 Å². The Kier molecular flexibility index (Phi) is 33.3. The van der Waals surface area contributed by atoms with Crippen LogP contribution in [0.3, 0.4) is 0 Å². The van der Waals surface area contributed by atoms with Crippen LogP contribution in [-0.4, -0.2) is 6.18 Å². The Labute approximate surface area is 565 Å². The summed E-state index contributed by atoms with van der Waals surface area (Å²) in [4.78, 5) is 0. The van der Waals surface area contributed by atoms with Gasteiger partial charge in [-0.15, -0.1) is 0 Å². The van der Waals surface area contributed by atoms with E-state index in [1.807, 2.05) is 32.9 Å². The van der Waals surface area contributed by atoms with Crippen molar-refractivity contribution in [3.05, 3.63) is 241 Å². The second-order valence-electron chi connectivity index (χ2n) is 31.8. The standard InChI is InChI=1S/C14H19F3.C14H22.3C13H20.C12H18.C10H14/c1-9-6-12(7-10(2)11(9)3)8-13(4,5)14(15,16)17;1-10-7-13(9-14(4,5)6)8-11(2)12(10)3;1-9-7-12(13(4,5)6)8-10(2)11(9)3;1-9(2)6-13-7-10(3)12(5)11(4)8-13;1-9(2)12-7-6-8-13(10(3)4)11(12)5;1-8(2)12-6-9(3)11(5)10(4)7-12;1-7-5-8(2)10(4)9(3)6-7/h6-7H,8H2,1-5H3;7-8H,9H2,1-6H3;7-8H,1-6H3;7-9H,6H2,1-5H3;6-10H,1-5H3;6-8H,1-5H3;5-6H,1-4H3. The SMILES string of the molecule is Cc1c(C(C)C)cccc1C(C)C.Cc1cc(C(C)(C)C)cc(C)c1C.Cc1cc(C(C)C)cc(C)c1C.Cc1cc(C)c(C)c(C)c1.Cc1cc(CC(C)(C)C(F)(F)F)cc(C)c1C.Cc1cc(CC(C)(C)C)cc(C)c1C.Cc1cc(CC(C)C)cc(C)c1C. The number of alkyl halides is 3. The van der Waals surface area contributed by atoms with Crippen molar-refractivity contribution in [1.82, 2.24) is 0 Å². The van der Waals surface area contributed by atoms with Crippen molar-refractivity contribution in [3.63, 3.8) is 0 Å². The molecule has 92 heavy (non-hydrogen) atoms. The molecule has 7 rings (SSSR count). The maximum Gasteiger partial charge on any atom is 0.394 e. The van der Waals surface area contributed by atoms with Crippen LogP contribution in [0.1, 0.15) is 279 Å². The Hall–Kier alpha value is -5.67. The van der Waals surface area contributed by atoms with E-state index in [-0.39, 0.29) is 11.8 Å². The fourth-order valence-corrected chi connectivity index (χ4v) is 11.4. The first-order chi connectivity index (χ1) is 41.8. The highest BCUT2D eigenvalue weighted by Crippen LogP contribution is 2.41. The first kappa shape index (κ1) is 84.3. The minimum Gasteiger partial charge on any atom is -0.171 e. The van der Waals surface area contributed by atoms with Gasteiger partial charge in [0.15, 0.2) is 0 Å². The molecule has 0 aliphatic heterocycles. The van der Waals surface area contributed by atoms with Crippen molar-refractivity contribution in [2.75, 3.05) is 0 Å². The van der Waals surface area contributed by atoms with Crippen molar-refractivity contribution in [2.45, 2.75) is 298 Å². The fourth-order valence-electron chi connectivity index (χ4n) is 11.4. The van der Waals surface area contributed by atoms with Crippen LogP contribution in [0.25, 0.3) is 0 Å². The van der Waals surface area contributed by atoms with E-state index >= 15 is 0 Å². The van der Waals surface area contributed by atoms with Crippen LogP contribution >= 0.6 is 0 Å². The van der Waals surface area contributed by atoms with Crippen LogP contribution in [0, 0.1) is 155 Å². The first-order valence-corrected chi connectivity index (χ1v) is 34.4. The highest BCUT2D eigenvalue weighted by Gasteiger charge is 2.47. The lowest BCUT2D eigenvalue weighted by molar-refractivity contribution is -0.211. The van der Waals surface area contributed by atoms with Gasteiger partial charge in [-0.05, 0) is 337 Å². The number of halogens is 3. The van der Waals surface area contributed by atoms with Gasteiger partial charge >= 0.3 is 6.18 Å². The number of rotatable bonds is 8. The summed E-state index contributed by atoms with van der Waals surface area (Å²) >= 11 is 0. The third-order valence-corrected chi connectivity index (χ3v) is 18.9. The molecule has 0 N–H and O–H groups in total. The molecule has 3 heteroatoms. The molecule has 510 valence electrons. The second kappa shape index (κ2) is 36.3. The normalized spacial score (nSPS) is 11.5. The zero-order chi connectivity index (χ0) is 71.6. The molecule has 0 atom stereocenters. The van der Waals surface area contributed by atoms with E-state index in [1.54, 1.807) is 0 Å². The molecule has 7 aromatic rings. The van der Waals surface area contributed by atoms with Gasteiger partial charge in [-0.25, -0.2) is 0 Å². The molecule has 0 fully saturated rings. The van der Waals surface area contributed by atoms with E-state index < -0.39 is 11.6 Å². The lowest BCUT2D eigenvalue weighted by Gasteiger charge is -2.28. The number of aryl methyl sites for hydroxylation is 13. The summed E-state index contributed by atoms with van der Waals surface area (Å²) < 4.78 is 38.4. The van der Waals surface area contributed by atoms with Gasteiger partial charge in [0, 0.05) is 0 Å². The Balaban J connectivity index is 0.000000539. The fraction of sp³-hybridized carbons (Fsp3) is 0.528. The van der Waals surface area contributed by atoms with Crippen molar-refractivity contribution in [2.24, 2.45) is 16.7 Å². The summed E-state index contributed by atoms with van der Waals surface area (Å²) in [5, 5.41) is 0. The van der Waals surface area contributed by atoms with Crippen LogP contribution in [0.2, 0.25) is 0 Å². The largest absolute Gasteiger partial charge is 0.394 e. The molecule has 0 aromatic heterocycles. The zero-order valence-corrected chi connectivity index (χ0v) is 65.7. The summed E-state index contributed by atoms with van der Waals surface area (Å²) in [5.74, 6) is 2.67. The lowest BCUT2D eigenvalue weighted by Crippen LogP contribution is -2.34. The van der Waals surface area contributed by atoms with Crippen molar-refractivity contribution in [3.8, 4) is 0 Å². The van der Waals surface area contributed by atoms with Crippen molar-refractivity contribution >= 4 is 0 Å². The third kappa shape index (κ3) is 27.7. The average Bonchev–Trinajstić information content (AvgIpc) is 0.940. The Bertz CT molecular complexity index is 3290. The monoisotopic (exact) mass is 1260 g/mol. The van der Waals surface area contributed by atoms with Gasteiger partial charge < -0.3 is 0 Å². The quantitative estimate of drug-likeness (QED) is 0.142. The molecule has 0 aliphatic carbocycles. The molecule has 0 radical (unpaired) electrons. The molecule has 0 saturated carbocycles. The van der Waals surface area contributed by atoms with Crippen LogP contribution < -0.4 is 0 Å². The van der Waals surface area contributed by atoms with Crippen molar-refractivity contribution in [1.29, 1.82) is 0 Å². The Morgan fingerprint density at radius 3 is 0.848 bits per heavy atom. The van der Waals surface area contributed by atoms with E-state index in [1.165, 1.54) is 148 Å². The molecule has 7 aromatic carbocycles. The Morgan fingerprint density at radius 1 is 0.315 bits per heavy atom. The van der Waals surface area contributed by atoms with E-state index in [2.05, 4.69) is 293 Å². The number of hydrogen-bond donors (Lipinski definition) is 0. The van der Waals surface area contributed by atoms with Crippen LogP contribution in [0.15, 0.2) is 91.0 Å². The highest BCUT2D eigenvalue weighted by atomic mass is 19.4. The van der Waals surface area contributed by atoms with Gasteiger partial charge in [0.05, 0.1) is 5.41 Å². The van der Waals surface area contributed by atoms with Gasteiger partial charge in [0.1, 0.15) is 0 Å². The summed E-state index contributed by atoms with van der Waals surface area (Å²) in [6, 6.07) is 33.3. The summed E-state index contributed by atoms with van der Waals surface area (Å²) in [7, 11) is 0. The number of hydrogen-bond acceptors (Lipinski definition) is 0. The molecular formula is C89H133F3. The molecule has 0 saturated heterocycles. The van der Waals surface area contributed by atoms with Crippen molar-refractivity contribution < 1.29 is 13.2 Å². The average molecular weight is 1260 g/mol. The summed E-state index contributed by atoms with van der Waals surface area (Å²) in [6.07, 6.45) is -1.78.